The van der Waals surface area contributed by atoms with Gasteiger partial charge < -0.3 is 14.7 Å². The van der Waals surface area contributed by atoms with Crippen molar-refractivity contribution in [3.05, 3.63) is 16.6 Å². The van der Waals surface area contributed by atoms with E-state index in [1.165, 1.54) is 6.20 Å². The summed E-state index contributed by atoms with van der Waals surface area (Å²) in [5.41, 5.74) is 0.143. The average molecular weight is 427 g/mol. The van der Waals surface area contributed by atoms with Crippen LogP contribution < -0.4 is 5.56 Å². The second-order valence-electron chi connectivity index (χ2n) is 7.04. The molecule has 3 heterocycles. The van der Waals surface area contributed by atoms with Gasteiger partial charge in [0.15, 0.2) is 11.9 Å². The predicted molar refractivity (Wildman–Crippen MR) is 114 cm³/mol. The van der Waals surface area contributed by atoms with Gasteiger partial charge in [-0.15, -0.1) is 0 Å². The van der Waals surface area contributed by atoms with Crippen molar-refractivity contribution in [1.82, 2.24) is 24.6 Å². The van der Waals surface area contributed by atoms with E-state index >= 15 is 0 Å². The molecular formula is C17H26N6O3S2. The summed E-state index contributed by atoms with van der Waals surface area (Å²) in [4.78, 5) is 25.4. The molecule has 0 amide bonds. The molecule has 0 aromatic carbocycles. The lowest BCUT2D eigenvalue weighted by atomic mass is 9.96. The molecule has 1 fully saturated rings. The number of H-pyrrole nitrogens is 1. The molecule has 0 radical (unpaired) electrons. The van der Waals surface area contributed by atoms with Crippen LogP contribution in [0, 0.1) is 5.92 Å². The quantitative estimate of drug-likeness (QED) is 0.375. The molecule has 1 aliphatic heterocycles. The van der Waals surface area contributed by atoms with Crippen LogP contribution in [-0.4, -0.2) is 74.4 Å². The lowest BCUT2D eigenvalue weighted by Crippen LogP contribution is -2.22. The fourth-order valence-electron chi connectivity index (χ4n) is 3.37. The maximum Gasteiger partial charge on any atom is 0.263 e. The number of nitrogens with one attached hydrogen (secondary N) is 1. The van der Waals surface area contributed by atoms with E-state index in [2.05, 4.69) is 33.2 Å². The lowest BCUT2D eigenvalue weighted by molar-refractivity contribution is -0.0345. The molecule has 1 unspecified atom stereocenters. The first-order valence-corrected chi connectivity index (χ1v) is 11.7. The maximum absolute atomic E-state index is 12.4. The molecule has 1 aliphatic rings. The zero-order valence-corrected chi connectivity index (χ0v) is 18.0. The summed E-state index contributed by atoms with van der Waals surface area (Å²) < 4.78 is 7.70. The minimum atomic E-state index is -0.369. The van der Waals surface area contributed by atoms with E-state index in [4.69, 9.17) is 4.74 Å². The number of nitrogens with zero attached hydrogens (tertiary/aromatic N) is 5. The monoisotopic (exact) mass is 426 g/mol. The van der Waals surface area contributed by atoms with Gasteiger partial charge in [-0.25, -0.2) is 9.67 Å². The SMILES string of the molecule is CSS[C@@H](C)CC1C[C@H](n2ncc3c(=O)[nH]c(/N=C\N(C)C)nc32)O[C@@H]1CO. The number of aromatic nitrogens is 4. The van der Waals surface area contributed by atoms with E-state index < -0.39 is 0 Å². The first-order chi connectivity index (χ1) is 13.4. The summed E-state index contributed by atoms with van der Waals surface area (Å²) in [5, 5.41) is 15.0. The predicted octanol–water partition coefficient (Wildman–Crippen LogP) is 2.03. The molecule has 28 heavy (non-hydrogen) atoms. The second-order valence-corrected chi connectivity index (χ2v) is 9.95. The summed E-state index contributed by atoms with van der Waals surface area (Å²) >= 11 is 0. The van der Waals surface area contributed by atoms with Crippen molar-refractivity contribution in [3.63, 3.8) is 0 Å². The van der Waals surface area contributed by atoms with Gasteiger partial charge >= 0.3 is 0 Å². The molecule has 2 N–H and O–H groups in total. The molecule has 154 valence electrons. The van der Waals surface area contributed by atoms with Gasteiger partial charge in [0.25, 0.3) is 5.56 Å². The Morgan fingerprint density at radius 1 is 1.57 bits per heavy atom. The largest absolute Gasteiger partial charge is 0.394 e. The highest BCUT2D eigenvalue weighted by atomic mass is 33.1. The van der Waals surface area contributed by atoms with Gasteiger partial charge in [0.05, 0.1) is 25.2 Å². The van der Waals surface area contributed by atoms with Crippen LogP contribution in [0.1, 0.15) is 26.0 Å². The van der Waals surface area contributed by atoms with Crippen LogP contribution in [0.5, 0.6) is 0 Å². The molecule has 9 nitrogen and oxygen atoms in total. The third kappa shape index (κ3) is 4.70. The number of fused-ring (bicyclic) bond motifs is 1. The number of hydrogen-bond acceptors (Lipinski definition) is 8. The number of aliphatic hydroxyl groups excluding tert-OH is 1. The van der Waals surface area contributed by atoms with Crippen molar-refractivity contribution in [2.75, 3.05) is 27.0 Å². The van der Waals surface area contributed by atoms with Crippen LogP contribution in [-0.2, 0) is 4.74 Å². The standard InChI is InChI=1S/C17H26N6O3S2/c1-10(28-27-4)5-11-6-14(26-13(11)8-24)23-15-12(7-19-23)16(25)21-17(20-15)18-9-22(2)3/h7,9-11,13-14,24H,5-6,8H2,1-4H3,(H,20,21,25)/b18-9-/t10-,11?,13+,14+/m0/s1. The van der Waals surface area contributed by atoms with E-state index in [0.29, 0.717) is 22.7 Å². The molecule has 0 spiro atoms. The summed E-state index contributed by atoms with van der Waals surface area (Å²) in [6.07, 6.45) is 6.17. The number of aliphatic hydroxyl groups is 1. The van der Waals surface area contributed by atoms with E-state index in [1.807, 2.05) is 24.9 Å². The van der Waals surface area contributed by atoms with Crippen molar-refractivity contribution in [3.8, 4) is 0 Å². The second kappa shape index (κ2) is 9.29. The number of hydrogen-bond donors (Lipinski definition) is 2. The summed E-state index contributed by atoms with van der Waals surface area (Å²) in [6, 6.07) is 0. The highest BCUT2D eigenvalue weighted by molar-refractivity contribution is 8.76. The first kappa shape index (κ1) is 21.2. The van der Waals surface area contributed by atoms with E-state index in [1.54, 1.807) is 26.7 Å². The number of aromatic amines is 1. The number of rotatable bonds is 8. The van der Waals surface area contributed by atoms with Crippen molar-refractivity contribution < 1.29 is 9.84 Å². The van der Waals surface area contributed by atoms with Gasteiger partial charge in [0.2, 0.25) is 5.95 Å². The van der Waals surface area contributed by atoms with Gasteiger partial charge in [-0.1, -0.05) is 28.5 Å². The van der Waals surface area contributed by atoms with Crippen LogP contribution in [0.25, 0.3) is 11.0 Å². The molecule has 4 atom stereocenters. The Morgan fingerprint density at radius 2 is 2.36 bits per heavy atom. The van der Waals surface area contributed by atoms with Crippen LogP contribution >= 0.6 is 21.6 Å². The van der Waals surface area contributed by atoms with Crippen LogP contribution in [0.4, 0.5) is 5.95 Å². The molecule has 0 aliphatic carbocycles. The van der Waals surface area contributed by atoms with E-state index in [0.717, 1.165) is 6.42 Å². The Kier molecular flexibility index (Phi) is 7.02. The number of ether oxygens (including phenoxy) is 1. The van der Waals surface area contributed by atoms with Gasteiger partial charge in [-0.05, 0) is 25.0 Å². The molecule has 0 saturated carbocycles. The summed E-state index contributed by atoms with van der Waals surface area (Å²) in [6.45, 7) is 2.14. The highest BCUT2D eigenvalue weighted by Crippen LogP contribution is 2.39. The minimum Gasteiger partial charge on any atom is -0.394 e. The Hall–Kier alpha value is -1.56. The normalized spacial score (nSPS) is 23.7. The molecule has 1 saturated heterocycles. The Labute approximate surface area is 171 Å². The van der Waals surface area contributed by atoms with Crippen molar-refractivity contribution in [2.24, 2.45) is 10.9 Å². The molecule has 0 bridgehead atoms. The summed E-state index contributed by atoms with van der Waals surface area (Å²) in [5.74, 6) is 0.434. The number of aliphatic imine (C=N–C) groups is 1. The van der Waals surface area contributed by atoms with Crippen molar-refractivity contribution in [1.29, 1.82) is 0 Å². The van der Waals surface area contributed by atoms with Crippen LogP contribution in [0.15, 0.2) is 16.0 Å². The lowest BCUT2D eigenvalue weighted by Gasteiger charge is -2.18. The smallest absolute Gasteiger partial charge is 0.263 e. The van der Waals surface area contributed by atoms with Gasteiger partial charge in [0.1, 0.15) is 5.39 Å². The molecule has 2 aromatic rings. The van der Waals surface area contributed by atoms with Gasteiger partial charge in [-0.2, -0.15) is 10.1 Å². The highest BCUT2D eigenvalue weighted by Gasteiger charge is 2.37. The minimum absolute atomic E-state index is 0.0383. The molecular weight excluding hydrogens is 400 g/mol. The third-order valence-corrected chi connectivity index (χ3v) is 6.85. The Bertz CT molecular complexity index is 883. The summed E-state index contributed by atoms with van der Waals surface area (Å²) in [7, 11) is 7.24. The molecule has 2 aromatic heterocycles. The Balaban J connectivity index is 1.87. The third-order valence-electron chi connectivity index (χ3n) is 4.57. The van der Waals surface area contributed by atoms with Gasteiger partial charge in [0, 0.05) is 19.3 Å². The topological polar surface area (TPSA) is 109 Å². The average Bonchev–Trinajstić information content (AvgIpc) is 3.24. The van der Waals surface area contributed by atoms with E-state index in [9.17, 15) is 9.90 Å². The Morgan fingerprint density at radius 3 is 3.04 bits per heavy atom. The van der Waals surface area contributed by atoms with Crippen LogP contribution in [0.2, 0.25) is 0 Å². The zero-order chi connectivity index (χ0) is 20.3. The fourth-order valence-corrected chi connectivity index (χ4v) is 5.25. The van der Waals surface area contributed by atoms with E-state index in [-0.39, 0.29) is 36.4 Å². The van der Waals surface area contributed by atoms with Crippen molar-refractivity contribution in [2.45, 2.75) is 37.3 Å². The molecule has 3 rings (SSSR count). The van der Waals surface area contributed by atoms with Gasteiger partial charge in [-0.3, -0.25) is 9.78 Å². The first-order valence-electron chi connectivity index (χ1n) is 9.06. The maximum atomic E-state index is 12.4. The zero-order valence-electron chi connectivity index (χ0n) is 16.4. The van der Waals surface area contributed by atoms with Crippen LogP contribution in [0.3, 0.4) is 0 Å². The fraction of sp³-hybridized carbons (Fsp3) is 0.647. The molecule has 11 heteroatoms. The van der Waals surface area contributed by atoms with Crippen molar-refractivity contribution >= 4 is 44.9 Å².